The number of hydrogen-bond acceptors (Lipinski definition) is 5. The van der Waals surface area contributed by atoms with Gasteiger partial charge < -0.3 is 10.1 Å². The quantitative estimate of drug-likeness (QED) is 0.499. The van der Waals surface area contributed by atoms with E-state index in [1.54, 1.807) is 31.2 Å². The lowest BCUT2D eigenvalue weighted by Gasteiger charge is -2.33. The summed E-state index contributed by atoms with van der Waals surface area (Å²) in [7, 11) is -3.84. The number of carbonyl (C=O) groups excluding carboxylic acids is 1. The second-order valence-corrected chi connectivity index (χ2v) is 10.6. The van der Waals surface area contributed by atoms with E-state index in [1.165, 1.54) is 17.7 Å². The zero-order chi connectivity index (χ0) is 24.8. The highest BCUT2D eigenvalue weighted by atomic mass is 32.2. The Labute approximate surface area is 207 Å². The fraction of sp³-hybridized carbons (Fsp3) is 0.296. The fourth-order valence-corrected chi connectivity index (χ4v) is 5.20. The molecule has 184 valence electrons. The lowest BCUT2D eigenvalue weighted by atomic mass is 10.1. The van der Waals surface area contributed by atoms with Crippen LogP contribution < -0.4 is 10.0 Å². The summed E-state index contributed by atoms with van der Waals surface area (Å²) in [5.74, 6) is -0.320. The molecule has 0 radical (unpaired) electrons. The monoisotopic (exact) mass is 493 g/mol. The first-order valence-electron chi connectivity index (χ1n) is 11.7. The molecule has 3 aromatic carbocycles. The number of amides is 1. The number of hydrogen-bond donors (Lipinski definition) is 2. The maximum Gasteiger partial charge on any atom is 0.261 e. The van der Waals surface area contributed by atoms with Crippen LogP contribution in [0.15, 0.2) is 77.7 Å². The number of nitrogens with one attached hydrogen (secondary N) is 2. The number of benzene rings is 3. The van der Waals surface area contributed by atoms with Crippen LogP contribution in [-0.4, -0.2) is 51.6 Å². The van der Waals surface area contributed by atoms with Crippen molar-refractivity contribution in [2.24, 2.45) is 0 Å². The minimum atomic E-state index is -3.84. The summed E-state index contributed by atoms with van der Waals surface area (Å²) in [6, 6.07) is 22.0. The zero-order valence-electron chi connectivity index (χ0n) is 20.0. The van der Waals surface area contributed by atoms with Gasteiger partial charge in [-0.15, -0.1) is 0 Å². The summed E-state index contributed by atoms with van der Waals surface area (Å²) >= 11 is 0. The van der Waals surface area contributed by atoms with Crippen molar-refractivity contribution < 1.29 is 17.9 Å². The van der Waals surface area contributed by atoms with Crippen LogP contribution >= 0.6 is 0 Å². The Balaban J connectivity index is 1.39. The summed E-state index contributed by atoms with van der Waals surface area (Å²) in [6.45, 7) is 7.02. The third-order valence-corrected chi connectivity index (χ3v) is 7.38. The molecule has 0 aliphatic carbocycles. The Morgan fingerprint density at radius 1 is 1.03 bits per heavy atom. The summed E-state index contributed by atoms with van der Waals surface area (Å²) in [5, 5.41) is 2.92. The van der Waals surface area contributed by atoms with E-state index >= 15 is 0 Å². The normalized spacial score (nSPS) is 16.6. The van der Waals surface area contributed by atoms with Crippen LogP contribution in [0.4, 0.5) is 5.69 Å². The number of ether oxygens (including phenoxy) is 1. The predicted molar refractivity (Wildman–Crippen MR) is 137 cm³/mol. The average Bonchev–Trinajstić information content (AvgIpc) is 2.83. The number of rotatable bonds is 8. The van der Waals surface area contributed by atoms with Crippen LogP contribution in [0.3, 0.4) is 0 Å². The van der Waals surface area contributed by atoms with Crippen molar-refractivity contribution in [1.82, 2.24) is 10.2 Å². The molecule has 1 saturated heterocycles. The van der Waals surface area contributed by atoms with E-state index in [0.29, 0.717) is 36.5 Å². The van der Waals surface area contributed by atoms with Gasteiger partial charge in [-0.3, -0.25) is 14.4 Å². The van der Waals surface area contributed by atoms with Crippen LogP contribution in [0.2, 0.25) is 0 Å². The van der Waals surface area contributed by atoms with Crippen LogP contribution in [-0.2, 0) is 21.3 Å². The lowest BCUT2D eigenvalue weighted by Crippen LogP contribution is -2.47. The van der Waals surface area contributed by atoms with Gasteiger partial charge in [0.15, 0.2) is 0 Å². The van der Waals surface area contributed by atoms with E-state index in [1.807, 2.05) is 31.2 Å². The van der Waals surface area contributed by atoms with Gasteiger partial charge in [0.25, 0.3) is 15.9 Å². The van der Waals surface area contributed by atoms with Crippen molar-refractivity contribution in [3.63, 3.8) is 0 Å². The molecule has 1 heterocycles. The molecule has 0 spiro atoms. The van der Waals surface area contributed by atoms with Crippen molar-refractivity contribution >= 4 is 21.6 Å². The highest BCUT2D eigenvalue weighted by Gasteiger charge is 2.23. The summed E-state index contributed by atoms with van der Waals surface area (Å²) in [4.78, 5) is 15.3. The SMILES string of the molecule is Cc1cccc(NS(=O)(=O)c2ccc(C)c(C(=O)NCC3CN(Cc4ccccc4)CCO3)c2)c1. The fourth-order valence-electron chi connectivity index (χ4n) is 4.13. The molecule has 2 N–H and O–H groups in total. The standard InChI is InChI=1S/C27H31N3O4S/c1-20-7-6-10-23(15-20)29-35(32,33)25-12-11-21(2)26(16-25)27(31)28-17-24-19-30(13-14-34-24)18-22-8-4-3-5-9-22/h3-12,15-16,24,29H,13-14,17-19H2,1-2H3,(H,28,31). The van der Waals surface area contributed by atoms with Crippen molar-refractivity contribution in [2.75, 3.05) is 31.0 Å². The molecule has 35 heavy (non-hydrogen) atoms. The molecule has 3 aromatic rings. The van der Waals surface area contributed by atoms with Crippen molar-refractivity contribution in [1.29, 1.82) is 0 Å². The number of sulfonamides is 1. The largest absolute Gasteiger partial charge is 0.374 e. The van der Waals surface area contributed by atoms with Gasteiger partial charge in [0.2, 0.25) is 0 Å². The van der Waals surface area contributed by atoms with Crippen molar-refractivity contribution in [2.45, 2.75) is 31.4 Å². The Bertz CT molecular complexity index is 1280. The second-order valence-electron chi connectivity index (χ2n) is 8.88. The van der Waals surface area contributed by atoms with E-state index < -0.39 is 10.0 Å². The average molecular weight is 494 g/mol. The first kappa shape index (κ1) is 24.9. The van der Waals surface area contributed by atoms with E-state index in [-0.39, 0.29) is 16.9 Å². The number of anilines is 1. The molecule has 4 rings (SSSR count). The van der Waals surface area contributed by atoms with E-state index in [2.05, 4.69) is 27.1 Å². The minimum absolute atomic E-state index is 0.0395. The van der Waals surface area contributed by atoms with Gasteiger partial charge in [0.1, 0.15) is 0 Å². The Morgan fingerprint density at radius 2 is 1.83 bits per heavy atom. The van der Waals surface area contributed by atoms with Crippen molar-refractivity contribution in [3.05, 3.63) is 95.1 Å². The molecular weight excluding hydrogens is 462 g/mol. The number of nitrogens with zero attached hydrogens (tertiary/aromatic N) is 1. The molecule has 0 bridgehead atoms. The molecule has 7 nitrogen and oxygen atoms in total. The van der Waals surface area contributed by atoms with Crippen LogP contribution in [0.1, 0.15) is 27.0 Å². The van der Waals surface area contributed by atoms with Gasteiger partial charge in [-0.25, -0.2) is 8.42 Å². The van der Waals surface area contributed by atoms with Crippen LogP contribution in [0.25, 0.3) is 0 Å². The molecule has 1 amide bonds. The maximum absolute atomic E-state index is 13.0. The number of morpholine rings is 1. The highest BCUT2D eigenvalue weighted by molar-refractivity contribution is 7.92. The third-order valence-electron chi connectivity index (χ3n) is 6.00. The minimum Gasteiger partial charge on any atom is -0.374 e. The number of carbonyl (C=O) groups is 1. The van der Waals surface area contributed by atoms with Gasteiger partial charge in [0, 0.05) is 37.4 Å². The van der Waals surface area contributed by atoms with Gasteiger partial charge in [-0.2, -0.15) is 0 Å². The topological polar surface area (TPSA) is 87.7 Å². The van der Waals surface area contributed by atoms with Crippen LogP contribution in [0, 0.1) is 13.8 Å². The van der Waals surface area contributed by atoms with Gasteiger partial charge in [0.05, 0.1) is 17.6 Å². The summed E-state index contributed by atoms with van der Waals surface area (Å²) < 4.78 is 34.3. The Kier molecular flexibility index (Phi) is 7.85. The Hall–Kier alpha value is -3.20. The number of aryl methyl sites for hydroxylation is 2. The maximum atomic E-state index is 13.0. The molecular formula is C27H31N3O4S. The molecule has 1 atom stereocenters. The molecule has 0 aromatic heterocycles. The predicted octanol–water partition coefficient (Wildman–Crippen LogP) is 3.74. The van der Waals surface area contributed by atoms with E-state index in [4.69, 9.17) is 4.74 Å². The molecule has 8 heteroatoms. The molecule has 1 fully saturated rings. The van der Waals surface area contributed by atoms with Gasteiger partial charge in [-0.05, 0) is 54.8 Å². The third kappa shape index (κ3) is 6.69. The molecule has 0 saturated carbocycles. The van der Waals surface area contributed by atoms with Crippen molar-refractivity contribution in [3.8, 4) is 0 Å². The van der Waals surface area contributed by atoms with E-state index in [9.17, 15) is 13.2 Å². The zero-order valence-corrected chi connectivity index (χ0v) is 20.8. The second kappa shape index (κ2) is 11.0. The Morgan fingerprint density at radius 3 is 2.60 bits per heavy atom. The molecule has 1 aliphatic rings. The lowest BCUT2D eigenvalue weighted by molar-refractivity contribution is -0.0292. The van der Waals surface area contributed by atoms with Gasteiger partial charge >= 0.3 is 0 Å². The van der Waals surface area contributed by atoms with Gasteiger partial charge in [-0.1, -0.05) is 48.5 Å². The first-order valence-corrected chi connectivity index (χ1v) is 13.1. The highest BCUT2D eigenvalue weighted by Crippen LogP contribution is 2.20. The molecule has 1 aliphatic heterocycles. The molecule has 1 unspecified atom stereocenters. The summed E-state index contributed by atoms with van der Waals surface area (Å²) in [5.41, 5.74) is 3.69. The van der Waals surface area contributed by atoms with E-state index in [0.717, 1.165) is 18.7 Å². The summed E-state index contributed by atoms with van der Waals surface area (Å²) in [6.07, 6.45) is -0.133. The first-order chi connectivity index (χ1) is 16.8. The smallest absolute Gasteiger partial charge is 0.261 e. The van der Waals surface area contributed by atoms with Crippen LogP contribution in [0.5, 0.6) is 0 Å².